The van der Waals surface area contributed by atoms with E-state index in [1.54, 1.807) is 0 Å². The third kappa shape index (κ3) is 6.15. The van der Waals surface area contributed by atoms with Crippen molar-refractivity contribution in [3.05, 3.63) is 82.9 Å². The van der Waals surface area contributed by atoms with E-state index in [9.17, 15) is 9.90 Å². The van der Waals surface area contributed by atoms with E-state index in [0.29, 0.717) is 16.7 Å². The van der Waals surface area contributed by atoms with E-state index in [2.05, 4.69) is 18.8 Å². The van der Waals surface area contributed by atoms with Gasteiger partial charge in [-0.25, -0.2) is 4.79 Å². The van der Waals surface area contributed by atoms with Crippen molar-refractivity contribution in [2.75, 3.05) is 0 Å². The number of rotatable bonds is 10. The molecule has 0 saturated carbocycles. The fourth-order valence-electron chi connectivity index (χ4n) is 4.13. The Labute approximate surface area is 197 Å². The van der Waals surface area contributed by atoms with Crippen molar-refractivity contribution in [3.8, 4) is 46.9 Å². The third-order valence-corrected chi connectivity index (χ3v) is 5.96. The molecule has 2 heteroatoms. The SMILES string of the molecule is C#Cc1ccc(-c2cc(CCCCCCCC)cc(-c3ccc(C#C)cc3)c2C(=O)O)cc1. The van der Waals surface area contributed by atoms with Crippen LogP contribution in [0.25, 0.3) is 22.3 Å². The molecule has 3 aromatic rings. The standard InChI is InChI=1S/C31H30O2/c1-4-7-8-9-10-11-12-25-21-28(26-17-13-23(5-2)14-18-26)30(31(32)33)29(22-25)27-19-15-24(6-3)16-20-27/h2-3,13-22H,4,7-12H2,1H3,(H,32,33). The fraction of sp³-hybridized carbons (Fsp3) is 0.258. The van der Waals surface area contributed by atoms with Gasteiger partial charge < -0.3 is 5.11 Å². The maximum atomic E-state index is 12.4. The number of hydrogen-bond donors (Lipinski definition) is 1. The second kappa shape index (κ2) is 11.8. The van der Waals surface area contributed by atoms with E-state index in [0.717, 1.165) is 40.7 Å². The summed E-state index contributed by atoms with van der Waals surface area (Å²) in [5, 5.41) is 10.2. The molecule has 0 atom stereocenters. The Kier molecular flexibility index (Phi) is 8.51. The number of carbonyl (C=O) groups is 1. The van der Waals surface area contributed by atoms with Crippen LogP contribution in [0.3, 0.4) is 0 Å². The van der Waals surface area contributed by atoms with Crippen LogP contribution in [0, 0.1) is 24.7 Å². The number of terminal acetylenes is 2. The zero-order chi connectivity index (χ0) is 23.6. The van der Waals surface area contributed by atoms with E-state index < -0.39 is 5.97 Å². The highest BCUT2D eigenvalue weighted by Gasteiger charge is 2.20. The number of benzene rings is 3. The minimum atomic E-state index is -0.951. The summed E-state index contributed by atoms with van der Waals surface area (Å²) < 4.78 is 0. The molecule has 0 unspecified atom stereocenters. The molecule has 0 amide bonds. The van der Waals surface area contributed by atoms with Gasteiger partial charge in [-0.15, -0.1) is 12.8 Å². The molecule has 1 N–H and O–H groups in total. The first-order chi connectivity index (χ1) is 16.1. The van der Waals surface area contributed by atoms with Crippen molar-refractivity contribution < 1.29 is 9.90 Å². The highest BCUT2D eigenvalue weighted by Crippen LogP contribution is 2.35. The Bertz CT molecular complexity index is 1090. The average Bonchev–Trinajstić information content (AvgIpc) is 2.85. The molecule has 0 bridgehead atoms. The summed E-state index contributed by atoms with van der Waals surface area (Å²) in [6.07, 6.45) is 19.2. The van der Waals surface area contributed by atoms with Gasteiger partial charge in [0.15, 0.2) is 0 Å². The summed E-state index contributed by atoms with van der Waals surface area (Å²) in [5.74, 6) is 4.29. The molecule has 3 aromatic carbocycles. The summed E-state index contributed by atoms with van der Waals surface area (Å²) >= 11 is 0. The Hall–Kier alpha value is -3.75. The first-order valence-corrected chi connectivity index (χ1v) is 11.6. The number of aryl methyl sites for hydroxylation is 1. The Morgan fingerprint density at radius 3 is 1.64 bits per heavy atom. The maximum Gasteiger partial charge on any atom is 0.336 e. The van der Waals surface area contributed by atoms with Crippen LogP contribution in [0.2, 0.25) is 0 Å². The first-order valence-electron chi connectivity index (χ1n) is 11.6. The van der Waals surface area contributed by atoms with Crippen molar-refractivity contribution in [1.82, 2.24) is 0 Å². The van der Waals surface area contributed by atoms with Gasteiger partial charge in [-0.05, 0) is 64.9 Å². The van der Waals surface area contributed by atoms with Gasteiger partial charge in [0.1, 0.15) is 0 Å². The van der Waals surface area contributed by atoms with Crippen LogP contribution < -0.4 is 0 Å². The number of unbranched alkanes of at least 4 members (excludes halogenated alkanes) is 5. The van der Waals surface area contributed by atoms with Gasteiger partial charge in [-0.3, -0.25) is 0 Å². The molecular weight excluding hydrogens is 404 g/mol. The zero-order valence-corrected chi connectivity index (χ0v) is 19.2. The molecule has 3 rings (SSSR count). The van der Waals surface area contributed by atoms with Gasteiger partial charge in [-0.2, -0.15) is 0 Å². The van der Waals surface area contributed by atoms with Gasteiger partial charge in [0.25, 0.3) is 0 Å². The third-order valence-electron chi connectivity index (χ3n) is 5.96. The van der Waals surface area contributed by atoms with Crippen molar-refractivity contribution in [3.63, 3.8) is 0 Å². The van der Waals surface area contributed by atoms with Crippen molar-refractivity contribution in [1.29, 1.82) is 0 Å². The lowest BCUT2D eigenvalue weighted by molar-refractivity contribution is 0.0698. The van der Waals surface area contributed by atoms with Gasteiger partial charge >= 0.3 is 5.97 Å². The van der Waals surface area contributed by atoms with E-state index >= 15 is 0 Å². The second-order valence-electron chi connectivity index (χ2n) is 8.33. The average molecular weight is 435 g/mol. The zero-order valence-electron chi connectivity index (χ0n) is 19.2. The quantitative estimate of drug-likeness (QED) is 0.264. The van der Waals surface area contributed by atoms with Crippen molar-refractivity contribution in [2.24, 2.45) is 0 Å². The monoisotopic (exact) mass is 434 g/mol. The van der Waals surface area contributed by atoms with Gasteiger partial charge in [0.2, 0.25) is 0 Å². The van der Waals surface area contributed by atoms with Crippen LogP contribution in [0.1, 0.15) is 72.5 Å². The van der Waals surface area contributed by atoms with Crippen LogP contribution >= 0.6 is 0 Å². The molecule has 166 valence electrons. The van der Waals surface area contributed by atoms with E-state index in [1.807, 2.05) is 60.7 Å². The molecule has 0 fully saturated rings. The lowest BCUT2D eigenvalue weighted by atomic mass is 9.88. The Balaban J connectivity index is 2.05. The molecule has 0 radical (unpaired) electrons. The number of hydrogen-bond acceptors (Lipinski definition) is 1. The van der Waals surface area contributed by atoms with E-state index in [4.69, 9.17) is 12.8 Å². The van der Waals surface area contributed by atoms with E-state index in [1.165, 1.54) is 32.1 Å². The summed E-state index contributed by atoms with van der Waals surface area (Å²) in [5.41, 5.74) is 6.09. The second-order valence-corrected chi connectivity index (χ2v) is 8.33. The molecule has 0 aliphatic carbocycles. The minimum Gasteiger partial charge on any atom is -0.478 e. The largest absolute Gasteiger partial charge is 0.478 e. The molecule has 2 nitrogen and oxygen atoms in total. The summed E-state index contributed by atoms with van der Waals surface area (Å²) in [7, 11) is 0. The molecule has 0 heterocycles. The topological polar surface area (TPSA) is 37.3 Å². The number of carboxylic acids is 1. The fourth-order valence-corrected chi connectivity index (χ4v) is 4.13. The van der Waals surface area contributed by atoms with Crippen LogP contribution in [0.5, 0.6) is 0 Å². The normalized spacial score (nSPS) is 10.4. The van der Waals surface area contributed by atoms with Crippen LogP contribution in [0.4, 0.5) is 0 Å². The summed E-state index contributed by atoms with van der Waals surface area (Å²) in [6, 6.07) is 19.1. The Morgan fingerprint density at radius 2 is 1.21 bits per heavy atom. The Morgan fingerprint density at radius 1 is 0.758 bits per heavy atom. The molecule has 0 spiro atoms. The molecule has 0 aliphatic rings. The van der Waals surface area contributed by atoms with E-state index in [-0.39, 0.29) is 0 Å². The minimum absolute atomic E-state index is 0.295. The predicted octanol–water partition coefficient (Wildman–Crippen LogP) is 7.58. The van der Waals surface area contributed by atoms with Gasteiger partial charge in [0, 0.05) is 11.1 Å². The summed E-state index contributed by atoms with van der Waals surface area (Å²) in [6.45, 7) is 2.22. The lowest BCUT2D eigenvalue weighted by Crippen LogP contribution is -2.05. The first kappa shape index (κ1) is 23.9. The van der Waals surface area contributed by atoms with Crippen molar-refractivity contribution >= 4 is 5.97 Å². The molecule has 33 heavy (non-hydrogen) atoms. The smallest absolute Gasteiger partial charge is 0.336 e. The van der Waals surface area contributed by atoms with Crippen molar-refractivity contribution in [2.45, 2.75) is 51.9 Å². The van der Waals surface area contributed by atoms with Crippen LogP contribution in [0.15, 0.2) is 60.7 Å². The highest BCUT2D eigenvalue weighted by molar-refractivity contribution is 6.03. The maximum absolute atomic E-state index is 12.4. The van der Waals surface area contributed by atoms with Gasteiger partial charge in [0.05, 0.1) is 5.56 Å². The van der Waals surface area contributed by atoms with Crippen LogP contribution in [-0.2, 0) is 6.42 Å². The molecular formula is C31H30O2. The number of carboxylic acid groups (broad SMARTS) is 1. The predicted molar refractivity (Wildman–Crippen MR) is 137 cm³/mol. The van der Waals surface area contributed by atoms with Crippen LogP contribution in [-0.4, -0.2) is 11.1 Å². The molecule has 0 aromatic heterocycles. The molecule has 0 aliphatic heterocycles. The van der Waals surface area contributed by atoms with Gasteiger partial charge in [-0.1, -0.05) is 87.3 Å². The summed E-state index contributed by atoms with van der Waals surface area (Å²) in [4.78, 5) is 12.4. The molecule has 0 saturated heterocycles. The highest BCUT2D eigenvalue weighted by atomic mass is 16.4. The lowest BCUT2D eigenvalue weighted by Gasteiger charge is -2.16. The number of aromatic carboxylic acids is 1.